The van der Waals surface area contributed by atoms with E-state index < -0.39 is 0 Å². The van der Waals surface area contributed by atoms with Crippen LogP contribution in [0.25, 0.3) is 4.91 Å². The van der Waals surface area contributed by atoms with Gasteiger partial charge >= 0.3 is 0 Å². The highest BCUT2D eigenvalue weighted by Gasteiger charge is 2.11. The average molecular weight is 234 g/mol. The Balaban J connectivity index is 2.24. The summed E-state index contributed by atoms with van der Waals surface area (Å²) in [6, 6.07) is 8.82. The van der Waals surface area contributed by atoms with E-state index in [4.69, 9.17) is 12.2 Å². The Labute approximate surface area is 101 Å². The molecule has 0 unspecified atom stereocenters. The summed E-state index contributed by atoms with van der Waals surface area (Å²) in [5.41, 5.74) is 2.69. The lowest BCUT2D eigenvalue weighted by atomic mass is 10.0. The van der Waals surface area contributed by atoms with Gasteiger partial charge < -0.3 is 0 Å². The minimum absolute atomic E-state index is 0.602. The summed E-state index contributed by atoms with van der Waals surface area (Å²) in [5, 5.41) is 0. The first-order valence-corrected chi connectivity index (χ1v) is 6.54. The minimum Gasteiger partial charge on any atom is -0.120 e. The van der Waals surface area contributed by atoms with Crippen LogP contribution in [0.3, 0.4) is 0 Å². The van der Waals surface area contributed by atoms with Crippen molar-refractivity contribution in [2.45, 2.75) is 19.8 Å². The lowest BCUT2D eigenvalue weighted by Crippen LogP contribution is -1.87. The summed E-state index contributed by atoms with van der Waals surface area (Å²) in [5.74, 6) is 1.57. The van der Waals surface area contributed by atoms with Gasteiger partial charge in [0.25, 0.3) is 0 Å². The molecule has 1 aliphatic heterocycles. The number of thioether (sulfide) groups is 1. The standard InChI is InChI=1S/C13H14S2/c1-9(2)10-3-5-11(6-4-10)13-7-12(14)8-15-13/h3-7,9H,8H2,1-2H3. The molecule has 0 aromatic heterocycles. The summed E-state index contributed by atoms with van der Waals surface area (Å²) in [6.07, 6.45) is 2.12. The van der Waals surface area contributed by atoms with Gasteiger partial charge in [0.05, 0.1) is 0 Å². The molecule has 0 saturated carbocycles. The number of rotatable bonds is 2. The third-order valence-corrected chi connectivity index (χ3v) is 4.09. The fraction of sp³-hybridized carbons (Fsp3) is 0.308. The van der Waals surface area contributed by atoms with Crippen molar-refractivity contribution >= 4 is 33.7 Å². The molecule has 0 aliphatic carbocycles. The number of benzene rings is 1. The van der Waals surface area contributed by atoms with Gasteiger partial charge in [-0.1, -0.05) is 50.3 Å². The maximum absolute atomic E-state index is 5.17. The number of hydrogen-bond acceptors (Lipinski definition) is 2. The molecule has 0 atom stereocenters. The maximum atomic E-state index is 5.17. The molecule has 0 N–H and O–H groups in total. The second kappa shape index (κ2) is 4.50. The van der Waals surface area contributed by atoms with Gasteiger partial charge in [-0.2, -0.15) is 0 Å². The smallest absolute Gasteiger partial charge is 0.0335 e. The summed E-state index contributed by atoms with van der Waals surface area (Å²) in [7, 11) is 0. The van der Waals surface area contributed by atoms with Crippen molar-refractivity contribution in [2.24, 2.45) is 0 Å². The monoisotopic (exact) mass is 234 g/mol. The molecule has 0 fully saturated rings. The summed E-state index contributed by atoms with van der Waals surface area (Å²) < 4.78 is 0. The molecule has 1 aromatic carbocycles. The van der Waals surface area contributed by atoms with Gasteiger partial charge in [-0.3, -0.25) is 0 Å². The Morgan fingerprint density at radius 3 is 2.33 bits per heavy atom. The van der Waals surface area contributed by atoms with Crippen molar-refractivity contribution in [2.75, 3.05) is 5.75 Å². The average Bonchev–Trinajstić information content (AvgIpc) is 2.65. The molecule has 78 valence electrons. The molecule has 0 amide bonds. The highest BCUT2D eigenvalue weighted by Crippen LogP contribution is 2.33. The van der Waals surface area contributed by atoms with Crippen LogP contribution in [0.5, 0.6) is 0 Å². The van der Waals surface area contributed by atoms with Gasteiger partial charge in [0.1, 0.15) is 0 Å². The van der Waals surface area contributed by atoms with E-state index in [9.17, 15) is 0 Å². The van der Waals surface area contributed by atoms with Crippen molar-refractivity contribution in [1.29, 1.82) is 0 Å². The molecular formula is C13H14S2. The third-order valence-electron chi connectivity index (χ3n) is 2.52. The molecule has 2 rings (SSSR count). The molecule has 0 bridgehead atoms. The van der Waals surface area contributed by atoms with Crippen LogP contribution < -0.4 is 0 Å². The zero-order chi connectivity index (χ0) is 10.8. The second-order valence-electron chi connectivity index (χ2n) is 4.04. The van der Waals surface area contributed by atoms with Crippen LogP contribution in [0.4, 0.5) is 0 Å². The Kier molecular flexibility index (Phi) is 3.27. The topological polar surface area (TPSA) is 0 Å². The first kappa shape index (κ1) is 10.9. The predicted octanol–water partition coefficient (Wildman–Crippen LogP) is 4.27. The zero-order valence-corrected chi connectivity index (χ0v) is 10.6. The number of thiocarbonyl (C=S) groups is 1. The normalized spacial score (nSPS) is 15.9. The zero-order valence-electron chi connectivity index (χ0n) is 8.99. The Bertz CT molecular complexity index is 399. The van der Waals surface area contributed by atoms with Crippen molar-refractivity contribution in [1.82, 2.24) is 0 Å². The highest BCUT2D eigenvalue weighted by atomic mass is 32.2. The molecule has 2 heteroatoms. The third kappa shape index (κ3) is 2.50. The largest absolute Gasteiger partial charge is 0.120 e. The van der Waals surface area contributed by atoms with Crippen LogP contribution >= 0.6 is 24.0 Å². The van der Waals surface area contributed by atoms with Crippen LogP contribution in [-0.2, 0) is 0 Å². The molecule has 0 radical (unpaired) electrons. The van der Waals surface area contributed by atoms with Gasteiger partial charge in [0, 0.05) is 15.5 Å². The van der Waals surface area contributed by atoms with Gasteiger partial charge in [0.15, 0.2) is 0 Å². The quantitative estimate of drug-likeness (QED) is 0.701. The lowest BCUT2D eigenvalue weighted by Gasteiger charge is -2.06. The van der Waals surface area contributed by atoms with Crippen LogP contribution in [0, 0.1) is 0 Å². The minimum atomic E-state index is 0.602. The van der Waals surface area contributed by atoms with Crippen LogP contribution in [0.1, 0.15) is 30.9 Å². The van der Waals surface area contributed by atoms with Gasteiger partial charge in [-0.25, -0.2) is 0 Å². The second-order valence-corrected chi connectivity index (χ2v) is 5.58. The van der Waals surface area contributed by atoms with E-state index in [1.807, 2.05) is 11.8 Å². The molecule has 0 nitrogen and oxygen atoms in total. The van der Waals surface area contributed by atoms with Gasteiger partial charge in [0.2, 0.25) is 0 Å². The molecular weight excluding hydrogens is 220 g/mol. The van der Waals surface area contributed by atoms with Gasteiger partial charge in [-0.05, 0) is 23.1 Å². The predicted molar refractivity (Wildman–Crippen MR) is 73.6 cm³/mol. The van der Waals surface area contributed by atoms with E-state index >= 15 is 0 Å². The van der Waals surface area contributed by atoms with Crippen molar-refractivity contribution in [3.63, 3.8) is 0 Å². The van der Waals surface area contributed by atoms with E-state index in [1.54, 1.807) is 0 Å². The van der Waals surface area contributed by atoms with Crippen molar-refractivity contribution in [3.05, 3.63) is 41.5 Å². The Hall–Kier alpha value is -0.600. The van der Waals surface area contributed by atoms with E-state index in [0.717, 1.165) is 10.6 Å². The molecule has 1 aliphatic rings. The molecule has 0 spiro atoms. The summed E-state index contributed by atoms with van der Waals surface area (Å²) in [4.78, 5) is 2.37. The fourth-order valence-electron chi connectivity index (χ4n) is 1.58. The van der Waals surface area contributed by atoms with E-state index in [-0.39, 0.29) is 0 Å². The van der Waals surface area contributed by atoms with Gasteiger partial charge in [-0.15, -0.1) is 11.8 Å². The Morgan fingerprint density at radius 1 is 1.20 bits per heavy atom. The highest BCUT2D eigenvalue weighted by molar-refractivity contribution is 8.10. The van der Waals surface area contributed by atoms with Crippen LogP contribution in [0.2, 0.25) is 0 Å². The van der Waals surface area contributed by atoms with Crippen molar-refractivity contribution in [3.8, 4) is 0 Å². The van der Waals surface area contributed by atoms with E-state index in [1.165, 1.54) is 16.0 Å². The van der Waals surface area contributed by atoms with Crippen molar-refractivity contribution < 1.29 is 0 Å². The summed E-state index contributed by atoms with van der Waals surface area (Å²) in [6.45, 7) is 4.43. The lowest BCUT2D eigenvalue weighted by molar-refractivity contribution is 0.866. The fourth-order valence-corrected chi connectivity index (χ4v) is 2.86. The van der Waals surface area contributed by atoms with E-state index in [0.29, 0.717) is 5.92 Å². The molecule has 15 heavy (non-hydrogen) atoms. The number of allylic oxidation sites excluding steroid dienone is 1. The van der Waals surface area contributed by atoms with Crippen LogP contribution in [0.15, 0.2) is 30.3 Å². The number of hydrogen-bond donors (Lipinski definition) is 0. The first-order chi connectivity index (χ1) is 7.16. The SMILES string of the molecule is CC(C)c1ccc(C2=CC(=S)CS2)cc1. The first-order valence-electron chi connectivity index (χ1n) is 5.14. The molecule has 1 heterocycles. The molecule has 0 saturated heterocycles. The van der Waals surface area contributed by atoms with Crippen LogP contribution in [-0.4, -0.2) is 10.6 Å². The molecule has 1 aromatic rings. The Morgan fingerprint density at radius 2 is 1.87 bits per heavy atom. The summed E-state index contributed by atoms with van der Waals surface area (Å²) >= 11 is 7.00. The maximum Gasteiger partial charge on any atom is 0.0335 e. The van der Waals surface area contributed by atoms with E-state index in [2.05, 4.69) is 44.2 Å².